The maximum Gasteiger partial charge on any atom is 0.136 e. The van der Waals surface area contributed by atoms with Gasteiger partial charge in [-0.3, -0.25) is 9.69 Å². The first kappa shape index (κ1) is 10.1. The molecule has 2 atom stereocenters. The molecule has 14 heavy (non-hydrogen) atoms. The summed E-state index contributed by atoms with van der Waals surface area (Å²) in [6.45, 7) is 6.71. The van der Waals surface area contributed by atoms with Crippen molar-refractivity contribution in [3.63, 3.8) is 0 Å². The summed E-state index contributed by atoms with van der Waals surface area (Å²) in [5.41, 5.74) is 0. The topological polar surface area (TPSA) is 32.3 Å². The summed E-state index contributed by atoms with van der Waals surface area (Å²) in [6.07, 6.45) is 3.06. The van der Waals surface area contributed by atoms with Crippen LogP contribution in [0.2, 0.25) is 0 Å². The summed E-state index contributed by atoms with van der Waals surface area (Å²) >= 11 is 0. The highest BCUT2D eigenvalue weighted by molar-refractivity contribution is 5.86. The number of nitrogens with zero attached hydrogens (tertiary/aromatic N) is 1. The normalized spacial score (nSPS) is 34.2. The van der Waals surface area contributed by atoms with Crippen LogP contribution in [0.15, 0.2) is 0 Å². The van der Waals surface area contributed by atoms with Gasteiger partial charge < -0.3 is 5.32 Å². The van der Waals surface area contributed by atoms with Gasteiger partial charge in [0.05, 0.1) is 0 Å². The van der Waals surface area contributed by atoms with E-state index in [2.05, 4.69) is 17.1 Å². The van der Waals surface area contributed by atoms with Crippen LogP contribution in [0.3, 0.4) is 0 Å². The maximum absolute atomic E-state index is 11.2. The Morgan fingerprint density at radius 3 is 3.00 bits per heavy atom. The van der Waals surface area contributed by atoms with Gasteiger partial charge in [-0.1, -0.05) is 0 Å². The number of piperazine rings is 1. The fourth-order valence-electron chi connectivity index (χ4n) is 2.31. The monoisotopic (exact) mass is 196 g/mol. The second-order valence-electron chi connectivity index (χ2n) is 4.58. The number of rotatable bonds is 3. The van der Waals surface area contributed by atoms with Crippen molar-refractivity contribution >= 4 is 5.78 Å². The molecular weight excluding hydrogens is 176 g/mol. The molecule has 0 aromatic heterocycles. The molecule has 1 aliphatic heterocycles. The summed E-state index contributed by atoms with van der Waals surface area (Å²) in [6, 6.07) is 0.638. The van der Waals surface area contributed by atoms with Crippen molar-refractivity contribution in [3.05, 3.63) is 0 Å². The molecule has 80 valence electrons. The number of hydrogen-bond acceptors (Lipinski definition) is 3. The van der Waals surface area contributed by atoms with Gasteiger partial charge >= 0.3 is 0 Å². The molecule has 1 saturated carbocycles. The Labute approximate surface area is 85.8 Å². The predicted octanol–water partition coefficient (Wildman–Crippen LogP) is 0.649. The molecule has 1 aliphatic carbocycles. The average molecular weight is 196 g/mol. The summed E-state index contributed by atoms with van der Waals surface area (Å²) in [5.74, 6) is 0.893. The van der Waals surface area contributed by atoms with Gasteiger partial charge in [-0.25, -0.2) is 0 Å². The zero-order valence-corrected chi connectivity index (χ0v) is 8.96. The molecule has 3 heteroatoms. The van der Waals surface area contributed by atoms with E-state index in [0.717, 1.165) is 45.4 Å². The molecule has 0 radical (unpaired) electrons. The van der Waals surface area contributed by atoms with Crippen molar-refractivity contribution in [2.75, 3.05) is 26.2 Å². The third kappa shape index (κ3) is 2.15. The zero-order valence-electron chi connectivity index (χ0n) is 8.96. The Hall–Kier alpha value is -0.410. The highest BCUT2D eigenvalue weighted by Crippen LogP contribution is 2.25. The number of carbonyl (C=O) groups excluding carboxylic acids is 1. The van der Waals surface area contributed by atoms with Crippen LogP contribution in [0.5, 0.6) is 0 Å². The molecule has 2 unspecified atom stereocenters. The van der Waals surface area contributed by atoms with E-state index in [0.29, 0.717) is 17.7 Å². The van der Waals surface area contributed by atoms with Crippen LogP contribution in [0.4, 0.5) is 0 Å². The van der Waals surface area contributed by atoms with Gasteiger partial charge in [-0.2, -0.15) is 0 Å². The largest absolute Gasteiger partial charge is 0.314 e. The number of carbonyl (C=O) groups is 1. The van der Waals surface area contributed by atoms with Crippen molar-refractivity contribution in [1.82, 2.24) is 10.2 Å². The Kier molecular flexibility index (Phi) is 3.19. The van der Waals surface area contributed by atoms with Gasteiger partial charge in [0.1, 0.15) is 5.78 Å². The smallest absolute Gasteiger partial charge is 0.136 e. The number of ketones is 1. The van der Waals surface area contributed by atoms with E-state index < -0.39 is 0 Å². The zero-order chi connectivity index (χ0) is 9.97. The van der Waals surface area contributed by atoms with Gasteiger partial charge in [0.15, 0.2) is 0 Å². The van der Waals surface area contributed by atoms with E-state index in [1.165, 1.54) is 0 Å². The standard InChI is InChI=1S/C11H20N2O/c1-9-8-12-5-7-13(9)6-4-10-2-3-11(10)14/h9-10,12H,2-8H2,1H3. The lowest BCUT2D eigenvalue weighted by molar-refractivity contribution is -0.129. The van der Waals surface area contributed by atoms with Crippen molar-refractivity contribution in [2.45, 2.75) is 32.2 Å². The lowest BCUT2D eigenvalue weighted by Gasteiger charge is -2.35. The highest BCUT2D eigenvalue weighted by Gasteiger charge is 2.28. The molecular formula is C11H20N2O. The Bertz CT molecular complexity index is 217. The molecule has 0 aromatic carbocycles. The van der Waals surface area contributed by atoms with Crippen LogP contribution >= 0.6 is 0 Å². The van der Waals surface area contributed by atoms with Crippen LogP contribution in [0.1, 0.15) is 26.2 Å². The van der Waals surface area contributed by atoms with Crippen LogP contribution in [-0.2, 0) is 4.79 Å². The number of hydrogen-bond donors (Lipinski definition) is 1. The maximum atomic E-state index is 11.2. The van der Waals surface area contributed by atoms with Crippen LogP contribution in [0, 0.1) is 5.92 Å². The van der Waals surface area contributed by atoms with Crippen molar-refractivity contribution in [1.29, 1.82) is 0 Å². The van der Waals surface area contributed by atoms with E-state index >= 15 is 0 Å². The first-order chi connectivity index (χ1) is 6.77. The summed E-state index contributed by atoms with van der Waals surface area (Å²) in [7, 11) is 0. The molecule has 0 aromatic rings. The summed E-state index contributed by atoms with van der Waals surface area (Å²) in [5, 5.41) is 3.38. The number of Topliss-reactive ketones (excluding diaryl/α,β-unsaturated/α-hetero) is 1. The van der Waals surface area contributed by atoms with Crippen molar-refractivity contribution < 1.29 is 4.79 Å². The van der Waals surface area contributed by atoms with E-state index in [1.54, 1.807) is 0 Å². The first-order valence-electron chi connectivity index (χ1n) is 5.75. The minimum Gasteiger partial charge on any atom is -0.314 e. The Balaban J connectivity index is 1.70. The Morgan fingerprint density at radius 1 is 1.57 bits per heavy atom. The third-order valence-electron chi connectivity index (χ3n) is 3.60. The summed E-state index contributed by atoms with van der Waals surface area (Å²) in [4.78, 5) is 13.7. The predicted molar refractivity (Wildman–Crippen MR) is 56.3 cm³/mol. The molecule has 2 aliphatic rings. The van der Waals surface area contributed by atoms with Gasteiger partial charge in [-0.05, 0) is 26.3 Å². The highest BCUT2D eigenvalue weighted by atomic mass is 16.1. The molecule has 1 heterocycles. The molecule has 0 bridgehead atoms. The second kappa shape index (κ2) is 4.41. The SMILES string of the molecule is CC1CNCCN1CCC1CCC1=O. The minimum absolute atomic E-state index is 0.400. The second-order valence-corrected chi connectivity index (χ2v) is 4.58. The van der Waals surface area contributed by atoms with E-state index in [4.69, 9.17) is 0 Å². The first-order valence-corrected chi connectivity index (χ1v) is 5.75. The number of nitrogens with one attached hydrogen (secondary N) is 1. The molecule has 3 nitrogen and oxygen atoms in total. The van der Waals surface area contributed by atoms with Crippen molar-refractivity contribution in [3.8, 4) is 0 Å². The van der Waals surface area contributed by atoms with Crippen molar-refractivity contribution in [2.24, 2.45) is 5.92 Å². The quantitative estimate of drug-likeness (QED) is 0.719. The summed E-state index contributed by atoms with van der Waals surface area (Å²) < 4.78 is 0. The molecule has 1 saturated heterocycles. The van der Waals surface area contributed by atoms with E-state index in [-0.39, 0.29) is 0 Å². The van der Waals surface area contributed by atoms with Crippen LogP contribution in [-0.4, -0.2) is 42.9 Å². The fourth-order valence-corrected chi connectivity index (χ4v) is 2.31. The molecule has 2 fully saturated rings. The minimum atomic E-state index is 0.400. The van der Waals surface area contributed by atoms with E-state index in [9.17, 15) is 4.79 Å². The Morgan fingerprint density at radius 2 is 2.43 bits per heavy atom. The third-order valence-corrected chi connectivity index (χ3v) is 3.60. The van der Waals surface area contributed by atoms with Gasteiger partial charge in [0.25, 0.3) is 0 Å². The van der Waals surface area contributed by atoms with Crippen LogP contribution in [0.25, 0.3) is 0 Å². The average Bonchev–Trinajstić information content (AvgIpc) is 2.19. The lowest BCUT2D eigenvalue weighted by atomic mass is 9.81. The van der Waals surface area contributed by atoms with Gasteiger partial charge in [-0.15, -0.1) is 0 Å². The molecule has 1 N–H and O–H groups in total. The molecule has 0 spiro atoms. The molecule has 0 amide bonds. The van der Waals surface area contributed by atoms with Gasteiger partial charge in [0, 0.05) is 38.0 Å². The lowest BCUT2D eigenvalue weighted by Crippen LogP contribution is -2.50. The van der Waals surface area contributed by atoms with Gasteiger partial charge in [0.2, 0.25) is 0 Å². The fraction of sp³-hybridized carbons (Fsp3) is 0.909. The van der Waals surface area contributed by atoms with Crippen LogP contribution < -0.4 is 5.32 Å². The molecule has 2 rings (SSSR count). The van der Waals surface area contributed by atoms with E-state index in [1.807, 2.05) is 0 Å².